The number of rotatable bonds is 12. The van der Waals surface area contributed by atoms with Crippen molar-refractivity contribution in [2.75, 3.05) is 12.0 Å². The lowest BCUT2D eigenvalue weighted by Gasteiger charge is -2.10. The molecule has 0 amide bonds. The molecule has 0 saturated carbocycles. The molecule has 1 heterocycles. The zero-order valence-corrected chi connectivity index (χ0v) is 15.7. The lowest BCUT2D eigenvalue weighted by atomic mass is 10.1. The summed E-state index contributed by atoms with van der Waals surface area (Å²) in [5.74, 6) is 3.11. The van der Waals surface area contributed by atoms with E-state index in [1.165, 1.54) is 49.9 Å². The van der Waals surface area contributed by atoms with Gasteiger partial charge in [-0.25, -0.2) is 0 Å². The average Bonchev–Trinajstić information content (AvgIpc) is 2.88. The highest BCUT2D eigenvalue weighted by Gasteiger charge is 2.14. The summed E-state index contributed by atoms with van der Waals surface area (Å²) < 4.78 is 0. The molecule has 0 fully saturated rings. The first-order valence-electron chi connectivity index (χ1n) is 8.24. The van der Waals surface area contributed by atoms with Gasteiger partial charge in [0, 0.05) is 11.5 Å². The summed E-state index contributed by atoms with van der Waals surface area (Å²) in [6.07, 6.45) is 10.0. The zero-order chi connectivity index (χ0) is 15.5. The van der Waals surface area contributed by atoms with Crippen molar-refractivity contribution in [1.82, 2.24) is 15.0 Å². The second-order valence-electron chi connectivity index (χ2n) is 5.54. The van der Waals surface area contributed by atoms with E-state index in [0.29, 0.717) is 6.04 Å². The smallest absolute Gasteiger partial charge is 0.0966 e. The van der Waals surface area contributed by atoms with Crippen molar-refractivity contribution in [2.45, 2.75) is 76.8 Å². The van der Waals surface area contributed by atoms with E-state index < -0.39 is 0 Å². The first-order chi connectivity index (χ1) is 10.2. The fraction of sp³-hybridized carbons (Fsp3) is 0.875. The van der Waals surface area contributed by atoms with Crippen LogP contribution in [0.4, 0.5) is 0 Å². The predicted octanol–water partition coefficient (Wildman–Crippen LogP) is 5.32. The molecule has 0 bridgehead atoms. The Morgan fingerprint density at radius 2 is 1.67 bits per heavy atom. The van der Waals surface area contributed by atoms with Crippen LogP contribution in [0.25, 0.3) is 0 Å². The zero-order valence-electron chi connectivity index (χ0n) is 14.1. The summed E-state index contributed by atoms with van der Waals surface area (Å²) >= 11 is 3.76. The fourth-order valence-electron chi connectivity index (χ4n) is 2.30. The van der Waals surface area contributed by atoms with Crippen molar-refractivity contribution in [3.8, 4) is 0 Å². The molecule has 0 spiro atoms. The highest BCUT2D eigenvalue weighted by Crippen LogP contribution is 2.20. The van der Waals surface area contributed by atoms with Crippen LogP contribution < -0.4 is 0 Å². The molecule has 0 aromatic carbocycles. The van der Waals surface area contributed by atoms with E-state index in [4.69, 9.17) is 10.2 Å². The van der Waals surface area contributed by atoms with Gasteiger partial charge in [-0.3, -0.25) is 0 Å². The third-order valence-electron chi connectivity index (χ3n) is 3.62. The highest BCUT2D eigenvalue weighted by atomic mass is 32.2. The molecule has 0 aliphatic heterocycles. The Bertz CT molecular complexity index is 380. The maximum absolute atomic E-state index is 4.75. The molecule has 1 rings (SSSR count). The van der Waals surface area contributed by atoms with Gasteiger partial charge in [0.25, 0.3) is 0 Å². The van der Waals surface area contributed by atoms with Gasteiger partial charge in [-0.2, -0.15) is 38.5 Å². The molecule has 1 aromatic heterocycles. The van der Waals surface area contributed by atoms with Gasteiger partial charge in [0.2, 0.25) is 0 Å². The van der Waals surface area contributed by atoms with E-state index in [9.17, 15) is 0 Å². The van der Waals surface area contributed by atoms with Crippen LogP contribution in [-0.2, 0) is 11.5 Å². The molecule has 0 aliphatic carbocycles. The fourth-order valence-corrected chi connectivity index (χ4v) is 3.42. The molecule has 122 valence electrons. The molecule has 1 unspecified atom stereocenters. The average molecular weight is 330 g/mol. The molecule has 3 nitrogen and oxygen atoms in total. The van der Waals surface area contributed by atoms with Gasteiger partial charge in [-0.05, 0) is 25.4 Å². The normalized spacial score (nSPS) is 12.8. The van der Waals surface area contributed by atoms with Gasteiger partial charge in [0.15, 0.2) is 0 Å². The maximum atomic E-state index is 4.75. The summed E-state index contributed by atoms with van der Waals surface area (Å²) in [6.45, 7) is 6.71. The number of unbranched alkanes of at least 4 members (excludes halogenated alkanes) is 4. The van der Waals surface area contributed by atoms with Crippen LogP contribution in [0.15, 0.2) is 0 Å². The summed E-state index contributed by atoms with van der Waals surface area (Å²) in [6, 6.07) is 0.424. The highest BCUT2D eigenvalue weighted by molar-refractivity contribution is 7.98. The Morgan fingerprint density at radius 1 is 1.00 bits per heavy atom. The molecule has 0 N–H and O–H groups in total. The summed E-state index contributed by atoms with van der Waals surface area (Å²) in [5.41, 5.74) is 2.37. The molecule has 0 radical (unpaired) electrons. The van der Waals surface area contributed by atoms with Gasteiger partial charge in [-0.15, -0.1) is 0 Å². The van der Waals surface area contributed by atoms with Crippen LogP contribution in [-0.4, -0.2) is 27.0 Å². The third-order valence-corrected chi connectivity index (χ3v) is 5.07. The van der Waals surface area contributed by atoms with Crippen LogP contribution >= 0.6 is 23.5 Å². The summed E-state index contributed by atoms with van der Waals surface area (Å²) in [7, 11) is 0. The SMILES string of the molecule is CCCCCCCC(C)n1nc(CSC)c(CSCC)n1. The summed E-state index contributed by atoms with van der Waals surface area (Å²) in [4.78, 5) is 1.97. The van der Waals surface area contributed by atoms with E-state index in [2.05, 4.69) is 27.0 Å². The van der Waals surface area contributed by atoms with E-state index in [1.807, 2.05) is 28.3 Å². The Hall–Kier alpha value is -0.160. The van der Waals surface area contributed by atoms with Gasteiger partial charge in [0.05, 0.1) is 17.4 Å². The second kappa shape index (κ2) is 11.4. The lowest BCUT2D eigenvalue weighted by Crippen LogP contribution is -2.09. The minimum Gasteiger partial charge on any atom is -0.182 e. The van der Waals surface area contributed by atoms with Gasteiger partial charge in [-0.1, -0.05) is 46.0 Å². The van der Waals surface area contributed by atoms with Crippen LogP contribution in [0.5, 0.6) is 0 Å². The molecule has 1 atom stereocenters. The number of thioether (sulfide) groups is 2. The van der Waals surface area contributed by atoms with Gasteiger partial charge in [0.1, 0.15) is 0 Å². The number of hydrogen-bond donors (Lipinski definition) is 0. The summed E-state index contributed by atoms with van der Waals surface area (Å²) in [5, 5.41) is 9.49. The van der Waals surface area contributed by atoms with Crippen molar-refractivity contribution in [3.63, 3.8) is 0 Å². The number of nitrogens with zero attached hydrogens (tertiary/aromatic N) is 3. The molecule has 1 aromatic rings. The molecular formula is C16H31N3S2. The largest absolute Gasteiger partial charge is 0.182 e. The van der Waals surface area contributed by atoms with Crippen LogP contribution in [0.1, 0.15) is 76.7 Å². The second-order valence-corrected chi connectivity index (χ2v) is 7.68. The predicted molar refractivity (Wildman–Crippen MR) is 97.2 cm³/mol. The van der Waals surface area contributed by atoms with E-state index >= 15 is 0 Å². The van der Waals surface area contributed by atoms with Crippen molar-refractivity contribution in [1.29, 1.82) is 0 Å². The van der Waals surface area contributed by atoms with E-state index in [0.717, 1.165) is 17.3 Å². The van der Waals surface area contributed by atoms with Crippen LogP contribution in [0.3, 0.4) is 0 Å². The van der Waals surface area contributed by atoms with Crippen LogP contribution in [0, 0.1) is 0 Å². The molecule has 21 heavy (non-hydrogen) atoms. The van der Waals surface area contributed by atoms with Gasteiger partial charge >= 0.3 is 0 Å². The lowest BCUT2D eigenvalue weighted by molar-refractivity contribution is 0.389. The monoisotopic (exact) mass is 329 g/mol. The maximum Gasteiger partial charge on any atom is 0.0966 e. The Balaban J connectivity index is 2.51. The molecule has 5 heteroatoms. The molecular weight excluding hydrogens is 298 g/mol. The minimum atomic E-state index is 0.424. The van der Waals surface area contributed by atoms with E-state index in [1.54, 1.807) is 0 Å². The standard InChI is InChI=1S/C16H31N3S2/c1-5-7-8-9-10-11-14(3)19-17-15(12-20-4)16(18-19)13-21-6-2/h14H,5-13H2,1-4H3. The van der Waals surface area contributed by atoms with E-state index in [-0.39, 0.29) is 0 Å². The molecule has 0 aliphatic rings. The topological polar surface area (TPSA) is 30.7 Å². The third kappa shape index (κ3) is 7.09. The van der Waals surface area contributed by atoms with Crippen molar-refractivity contribution in [3.05, 3.63) is 11.4 Å². The Labute approximate surface area is 139 Å². The Morgan fingerprint density at radius 3 is 2.29 bits per heavy atom. The van der Waals surface area contributed by atoms with Crippen molar-refractivity contribution in [2.24, 2.45) is 0 Å². The van der Waals surface area contributed by atoms with Crippen molar-refractivity contribution < 1.29 is 0 Å². The Kier molecular flexibility index (Phi) is 10.3. The number of hydrogen-bond acceptors (Lipinski definition) is 4. The van der Waals surface area contributed by atoms with Crippen LogP contribution in [0.2, 0.25) is 0 Å². The first-order valence-corrected chi connectivity index (χ1v) is 10.8. The molecule has 0 saturated heterocycles. The van der Waals surface area contributed by atoms with Gasteiger partial charge < -0.3 is 0 Å². The number of aromatic nitrogens is 3. The van der Waals surface area contributed by atoms with Crippen molar-refractivity contribution >= 4 is 23.5 Å². The quantitative estimate of drug-likeness (QED) is 0.486. The first kappa shape index (κ1) is 18.9. The minimum absolute atomic E-state index is 0.424.